The van der Waals surface area contributed by atoms with Crippen LogP contribution in [0.4, 0.5) is 0 Å². The summed E-state index contributed by atoms with van der Waals surface area (Å²) >= 11 is 7.45. The van der Waals surface area contributed by atoms with E-state index < -0.39 is 11.6 Å². The Bertz CT molecular complexity index is 1130. The Balaban J connectivity index is 1.93. The quantitative estimate of drug-likeness (QED) is 0.345. The first-order chi connectivity index (χ1) is 16.6. The highest BCUT2D eigenvalue weighted by Gasteiger charge is 2.32. The molecule has 1 atom stereocenters. The summed E-state index contributed by atoms with van der Waals surface area (Å²) in [6, 6.07) is 24.6. The van der Waals surface area contributed by atoms with Crippen LogP contribution in [0.3, 0.4) is 0 Å². The van der Waals surface area contributed by atoms with Crippen LogP contribution in [0.25, 0.3) is 0 Å². The highest BCUT2D eigenvalue weighted by Crippen LogP contribution is 2.23. The van der Waals surface area contributed by atoms with Crippen LogP contribution >= 0.6 is 23.4 Å². The summed E-state index contributed by atoms with van der Waals surface area (Å²) in [5, 5.41) is 3.76. The van der Waals surface area contributed by atoms with E-state index in [1.807, 2.05) is 107 Å². The van der Waals surface area contributed by atoms with Gasteiger partial charge in [-0.15, -0.1) is 11.8 Å². The zero-order chi connectivity index (χ0) is 25.4. The van der Waals surface area contributed by atoms with Crippen molar-refractivity contribution >= 4 is 35.2 Å². The maximum absolute atomic E-state index is 13.7. The van der Waals surface area contributed by atoms with Crippen molar-refractivity contribution in [2.45, 2.75) is 57.1 Å². The molecule has 3 aromatic carbocycles. The van der Waals surface area contributed by atoms with Gasteiger partial charge in [0.15, 0.2) is 0 Å². The van der Waals surface area contributed by atoms with E-state index in [0.717, 1.165) is 21.6 Å². The monoisotopic (exact) mass is 508 g/mol. The molecule has 0 aliphatic rings. The highest BCUT2D eigenvalue weighted by molar-refractivity contribution is 8.00. The highest BCUT2D eigenvalue weighted by atomic mass is 35.5. The van der Waals surface area contributed by atoms with Crippen molar-refractivity contribution in [2.75, 3.05) is 5.75 Å². The summed E-state index contributed by atoms with van der Waals surface area (Å²) in [6.07, 6.45) is 0.436. The lowest BCUT2D eigenvalue weighted by Crippen LogP contribution is -2.54. The van der Waals surface area contributed by atoms with Gasteiger partial charge in [-0.2, -0.15) is 0 Å². The Morgan fingerprint density at radius 3 is 2.20 bits per heavy atom. The topological polar surface area (TPSA) is 49.4 Å². The molecule has 0 bridgehead atoms. The third kappa shape index (κ3) is 8.44. The van der Waals surface area contributed by atoms with Crippen molar-refractivity contribution in [2.24, 2.45) is 0 Å². The second-order valence-corrected chi connectivity index (χ2v) is 11.1. The summed E-state index contributed by atoms with van der Waals surface area (Å²) in [6.45, 7) is 8.25. The molecular weight excluding hydrogens is 476 g/mol. The van der Waals surface area contributed by atoms with Gasteiger partial charge < -0.3 is 10.2 Å². The number of benzene rings is 3. The average molecular weight is 509 g/mol. The molecule has 3 aromatic rings. The van der Waals surface area contributed by atoms with E-state index in [2.05, 4.69) is 5.32 Å². The minimum atomic E-state index is -0.644. The van der Waals surface area contributed by atoms with Crippen LogP contribution in [-0.2, 0) is 22.6 Å². The number of thioether (sulfide) groups is 1. The predicted molar refractivity (Wildman–Crippen MR) is 146 cm³/mol. The Morgan fingerprint density at radius 1 is 0.943 bits per heavy atom. The number of aryl methyl sites for hydroxylation is 1. The maximum atomic E-state index is 13.7. The third-order valence-electron chi connectivity index (χ3n) is 5.55. The van der Waals surface area contributed by atoms with Gasteiger partial charge in [0.05, 0.1) is 5.75 Å². The second kappa shape index (κ2) is 12.3. The molecule has 2 amide bonds. The van der Waals surface area contributed by atoms with Gasteiger partial charge in [0, 0.05) is 28.4 Å². The smallest absolute Gasteiger partial charge is 0.243 e. The van der Waals surface area contributed by atoms with Gasteiger partial charge in [0.1, 0.15) is 6.04 Å². The van der Waals surface area contributed by atoms with Crippen molar-refractivity contribution in [1.29, 1.82) is 0 Å². The Labute approximate surface area is 218 Å². The number of hydrogen-bond acceptors (Lipinski definition) is 3. The molecule has 0 unspecified atom stereocenters. The first kappa shape index (κ1) is 26.8. The Kier molecular flexibility index (Phi) is 9.41. The van der Waals surface area contributed by atoms with Gasteiger partial charge in [-0.25, -0.2) is 0 Å². The zero-order valence-electron chi connectivity index (χ0n) is 20.8. The second-order valence-electron chi connectivity index (χ2n) is 9.64. The molecule has 0 fully saturated rings. The van der Waals surface area contributed by atoms with Crippen LogP contribution in [0.1, 0.15) is 37.5 Å². The standard InChI is InChI=1S/C29H33ClN2O2S/c1-21-10-8-9-13-23(21)19-32(27(33)20-35-25-16-14-24(30)15-17-25)26(28(34)31-29(2,3)4)18-22-11-6-5-7-12-22/h5-17,26H,18-20H2,1-4H3,(H,31,34)/t26-/m1/s1. The lowest BCUT2D eigenvalue weighted by Gasteiger charge is -2.34. The Hall–Kier alpha value is -2.76. The molecule has 184 valence electrons. The summed E-state index contributed by atoms with van der Waals surface area (Å²) < 4.78 is 0. The molecule has 0 aliphatic carbocycles. The number of halogens is 1. The molecular formula is C29H33ClN2O2S. The zero-order valence-corrected chi connectivity index (χ0v) is 22.3. The van der Waals surface area contributed by atoms with Crippen LogP contribution in [0.15, 0.2) is 83.8 Å². The molecule has 0 aromatic heterocycles. The number of carbonyl (C=O) groups excluding carboxylic acids is 2. The summed E-state index contributed by atoms with van der Waals surface area (Å²) in [4.78, 5) is 30.0. The third-order valence-corrected chi connectivity index (χ3v) is 6.80. The van der Waals surface area contributed by atoms with E-state index in [-0.39, 0.29) is 17.6 Å². The maximum Gasteiger partial charge on any atom is 0.243 e. The van der Waals surface area contributed by atoms with Crippen molar-refractivity contribution < 1.29 is 9.59 Å². The van der Waals surface area contributed by atoms with E-state index in [1.54, 1.807) is 4.90 Å². The normalized spacial score (nSPS) is 12.1. The molecule has 4 nitrogen and oxygen atoms in total. The lowest BCUT2D eigenvalue weighted by atomic mass is 10.00. The van der Waals surface area contributed by atoms with E-state index in [4.69, 9.17) is 11.6 Å². The van der Waals surface area contributed by atoms with Crippen LogP contribution in [0, 0.1) is 6.92 Å². The molecule has 0 spiro atoms. The minimum Gasteiger partial charge on any atom is -0.350 e. The largest absolute Gasteiger partial charge is 0.350 e. The van der Waals surface area contributed by atoms with E-state index in [9.17, 15) is 9.59 Å². The molecule has 35 heavy (non-hydrogen) atoms. The fourth-order valence-electron chi connectivity index (χ4n) is 3.74. The first-order valence-electron chi connectivity index (χ1n) is 11.7. The van der Waals surface area contributed by atoms with Crippen LogP contribution in [0.5, 0.6) is 0 Å². The molecule has 0 aliphatic heterocycles. The number of rotatable bonds is 9. The molecule has 3 rings (SSSR count). The fraction of sp³-hybridized carbons (Fsp3) is 0.310. The van der Waals surface area contributed by atoms with Crippen LogP contribution in [0.2, 0.25) is 5.02 Å². The van der Waals surface area contributed by atoms with E-state index >= 15 is 0 Å². The lowest BCUT2D eigenvalue weighted by molar-refractivity contribution is -0.140. The van der Waals surface area contributed by atoms with Crippen LogP contribution in [-0.4, -0.2) is 34.0 Å². The van der Waals surface area contributed by atoms with Crippen LogP contribution < -0.4 is 5.32 Å². The number of nitrogens with one attached hydrogen (secondary N) is 1. The van der Waals surface area contributed by atoms with Gasteiger partial charge in [0.25, 0.3) is 0 Å². The fourth-order valence-corrected chi connectivity index (χ4v) is 4.65. The minimum absolute atomic E-state index is 0.0850. The van der Waals surface area contributed by atoms with Crippen molar-refractivity contribution in [1.82, 2.24) is 10.2 Å². The first-order valence-corrected chi connectivity index (χ1v) is 13.1. The van der Waals surface area contributed by atoms with E-state index in [1.165, 1.54) is 11.8 Å². The van der Waals surface area contributed by atoms with Gasteiger partial charge in [0.2, 0.25) is 11.8 Å². The molecule has 0 saturated carbocycles. The van der Waals surface area contributed by atoms with Gasteiger partial charge >= 0.3 is 0 Å². The number of hydrogen-bond donors (Lipinski definition) is 1. The van der Waals surface area contributed by atoms with Gasteiger partial charge in [-0.3, -0.25) is 9.59 Å². The van der Waals surface area contributed by atoms with E-state index in [0.29, 0.717) is 18.0 Å². The SMILES string of the molecule is Cc1ccccc1CN(C(=O)CSc1ccc(Cl)cc1)[C@H](Cc1ccccc1)C(=O)NC(C)(C)C. The molecule has 0 radical (unpaired) electrons. The van der Waals surface area contributed by atoms with Gasteiger partial charge in [-0.05, 0) is 68.7 Å². The summed E-state index contributed by atoms with van der Waals surface area (Å²) in [7, 11) is 0. The number of carbonyl (C=O) groups is 2. The summed E-state index contributed by atoms with van der Waals surface area (Å²) in [5.74, 6) is -0.0142. The molecule has 0 saturated heterocycles. The molecule has 1 N–H and O–H groups in total. The van der Waals surface area contributed by atoms with Gasteiger partial charge in [-0.1, -0.05) is 66.2 Å². The average Bonchev–Trinajstić information content (AvgIpc) is 2.81. The predicted octanol–water partition coefficient (Wildman–Crippen LogP) is 6.30. The Morgan fingerprint density at radius 2 is 1.57 bits per heavy atom. The summed E-state index contributed by atoms with van der Waals surface area (Å²) in [5.41, 5.74) is 2.71. The van der Waals surface area contributed by atoms with Crippen molar-refractivity contribution in [3.63, 3.8) is 0 Å². The van der Waals surface area contributed by atoms with Crippen molar-refractivity contribution in [3.05, 3.63) is 101 Å². The molecule has 0 heterocycles. The number of nitrogens with zero attached hydrogens (tertiary/aromatic N) is 1. The van der Waals surface area contributed by atoms with Crippen molar-refractivity contribution in [3.8, 4) is 0 Å². The number of amides is 2. The molecule has 6 heteroatoms.